The summed E-state index contributed by atoms with van der Waals surface area (Å²) in [6, 6.07) is 1.49. The number of rotatable bonds is 8. The largest absolute Gasteiger partial charge is 0.439 e. The van der Waals surface area contributed by atoms with E-state index in [0.29, 0.717) is 56.9 Å². The summed E-state index contributed by atoms with van der Waals surface area (Å²) in [6.07, 6.45) is 10.1. The van der Waals surface area contributed by atoms with Crippen LogP contribution < -0.4 is 0 Å². The molecule has 0 radical (unpaired) electrons. The Labute approximate surface area is 245 Å². The van der Waals surface area contributed by atoms with Gasteiger partial charge in [0.1, 0.15) is 0 Å². The maximum absolute atomic E-state index is 15.6. The van der Waals surface area contributed by atoms with Crippen molar-refractivity contribution in [3.05, 3.63) is 27.2 Å². The molecule has 41 heavy (non-hydrogen) atoms. The summed E-state index contributed by atoms with van der Waals surface area (Å²) >= 11 is 3.46. The molecule has 0 atom stereocenters. The molecule has 234 valence electrons. The number of alkyl halides is 6. The van der Waals surface area contributed by atoms with E-state index in [0.717, 1.165) is 44.9 Å². The van der Waals surface area contributed by atoms with Gasteiger partial charge < -0.3 is 0 Å². The lowest BCUT2D eigenvalue weighted by molar-refractivity contribution is -0.245. The monoisotopic (exact) mass is 696 g/mol. The Bertz CT molecular complexity index is 1330. The van der Waals surface area contributed by atoms with Crippen LogP contribution in [-0.4, -0.2) is 37.8 Å². The molecule has 14 heteroatoms. The lowest BCUT2D eigenvalue weighted by atomic mass is 9.76. The summed E-state index contributed by atoms with van der Waals surface area (Å²) < 4.78 is 148. The molecule has 1 N–H and O–H groups in total. The molecule has 0 aliphatic heterocycles. The molecule has 0 bridgehead atoms. The van der Waals surface area contributed by atoms with E-state index in [1.54, 1.807) is 0 Å². The fourth-order valence-electron chi connectivity index (χ4n) is 6.82. The second-order valence-electron chi connectivity index (χ2n) is 11.7. The van der Waals surface area contributed by atoms with E-state index in [1.807, 2.05) is 0 Å². The number of benzene rings is 1. The highest BCUT2D eigenvalue weighted by Crippen LogP contribution is 2.56. The predicted octanol–water partition coefficient (Wildman–Crippen LogP) is 9.07. The highest BCUT2D eigenvalue weighted by atomic mass is 79.9. The first-order valence-electron chi connectivity index (χ1n) is 14.2. The highest BCUT2D eigenvalue weighted by Gasteiger charge is 2.82. The molecule has 3 aliphatic carbocycles. The molecule has 0 amide bonds. The third kappa shape index (κ3) is 5.72. The molecule has 0 unspecified atom stereocenters. The van der Waals surface area contributed by atoms with Crippen LogP contribution in [0.1, 0.15) is 131 Å². The Morgan fingerprint density at radius 2 is 1.02 bits per heavy atom. The van der Waals surface area contributed by atoms with Gasteiger partial charge in [0, 0.05) is 4.47 Å². The Kier molecular flexibility index (Phi) is 9.60. The lowest BCUT2D eigenvalue weighted by Gasteiger charge is -2.36. The smallest absolute Gasteiger partial charge is 0.281 e. The Morgan fingerprint density at radius 1 is 0.634 bits per heavy atom. The molecule has 5 nitrogen and oxygen atoms in total. The SMILES string of the molecule is O=S(=O)(O)C(F)(F)C(F)(F)C(F)(F)S(=O)(=O)c1c(C2CCCCC2)cc(C2CCCCC2)c(Br)c1C1CCCCC1. The first-order valence-corrected chi connectivity index (χ1v) is 17.9. The summed E-state index contributed by atoms with van der Waals surface area (Å²) in [5, 5.41) is -13.3. The molecule has 0 saturated heterocycles. The van der Waals surface area contributed by atoms with Crippen LogP contribution in [0.5, 0.6) is 0 Å². The second kappa shape index (κ2) is 11.9. The minimum atomic E-state index is -7.11. The second-order valence-corrected chi connectivity index (χ2v) is 15.9. The topological polar surface area (TPSA) is 88.5 Å². The molecule has 1 aromatic rings. The van der Waals surface area contributed by atoms with Gasteiger partial charge in [-0.2, -0.15) is 34.8 Å². The molecule has 0 spiro atoms. The average molecular weight is 698 g/mol. The first-order chi connectivity index (χ1) is 19.0. The van der Waals surface area contributed by atoms with Crippen LogP contribution >= 0.6 is 15.9 Å². The summed E-state index contributed by atoms with van der Waals surface area (Å²) in [7, 11) is -13.8. The van der Waals surface area contributed by atoms with Gasteiger partial charge in [-0.15, -0.1) is 0 Å². The molecule has 3 aliphatic rings. The van der Waals surface area contributed by atoms with Gasteiger partial charge in [0.15, 0.2) is 0 Å². The van der Waals surface area contributed by atoms with E-state index in [-0.39, 0.29) is 21.5 Å². The Hall–Kier alpha value is -0.860. The van der Waals surface area contributed by atoms with Gasteiger partial charge in [-0.1, -0.05) is 79.8 Å². The summed E-state index contributed by atoms with van der Waals surface area (Å²) in [5.74, 6) is -8.20. The van der Waals surface area contributed by atoms with Crippen LogP contribution in [-0.2, 0) is 20.0 Å². The van der Waals surface area contributed by atoms with Crippen LogP contribution in [0, 0.1) is 0 Å². The zero-order valence-corrected chi connectivity index (χ0v) is 25.7. The van der Waals surface area contributed by atoms with Gasteiger partial charge in [-0.3, -0.25) is 4.55 Å². The van der Waals surface area contributed by atoms with Crippen LogP contribution in [0.15, 0.2) is 15.4 Å². The van der Waals surface area contributed by atoms with Crippen molar-refractivity contribution < 1.29 is 47.7 Å². The summed E-state index contributed by atoms with van der Waals surface area (Å²) in [6.45, 7) is 0. The van der Waals surface area contributed by atoms with E-state index in [2.05, 4.69) is 15.9 Å². The highest BCUT2D eigenvalue weighted by molar-refractivity contribution is 9.10. The molecule has 0 heterocycles. The molecular weight excluding hydrogens is 662 g/mol. The van der Waals surface area contributed by atoms with E-state index in [4.69, 9.17) is 4.55 Å². The van der Waals surface area contributed by atoms with Crippen molar-refractivity contribution in [3.8, 4) is 0 Å². The van der Waals surface area contributed by atoms with Gasteiger partial charge in [0.25, 0.3) is 9.84 Å². The minimum Gasteiger partial charge on any atom is -0.281 e. The van der Waals surface area contributed by atoms with Gasteiger partial charge in [0.2, 0.25) is 0 Å². The maximum atomic E-state index is 15.6. The minimum absolute atomic E-state index is 0.0228. The third-order valence-corrected chi connectivity index (χ3v) is 12.8. The van der Waals surface area contributed by atoms with Gasteiger partial charge >= 0.3 is 26.5 Å². The predicted molar refractivity (Wildman–Crippen MR) is 145 cm³/mol. The van der Waals surface area contributed by atoms with E-state index in [1.165, 1.54) is 6.07 Å². The summed E-state index contributed by atoms with van der Waals surface area (Å²) in [5.41, 5.74) is 0.529. The van der Waals surface area contributed by atoms with Crippen molar-refractivity contribution in [3.63, 3.8) is 0 Å². The van der Waals surface area contributed by atoms with Gasteiger partial charge in [-0.25, -0.2) is 8.42 Å². The molecule has 3 fully saturated rings. The Balaban J connectivity index is 2.05. The summed E-state index contributed by atoms with van der Waals surface area (Å²) in [4.78, 5) is -1.10. The van der Waals surface area contributed by atoms with Crippen LogP contribution in [0.4, 0.5) is 26.3 Å². The zero-order valence-electron chi connectivity index (χ0n) is 22.5. The average Bonchev–Trinajstić information content (AvgIpc) is 2.93. The van der Waals surface area contributed by atoms with Crippen LogP contribution in [0.3, 0.4) is 0 Å². The number of hydrogen-bond acceptors (Lipinski definition) is 4. The molecule has 0 aromatic heterocycles. The van der Waals surface area contributed by atoms with Gasteiger partial charge in [-0.05, 0) is 73.0 Å². The van der Waals surface area contributed by atoms with Crippen LogP contribution in [0.25, 0.3) is 0 Å². The van der Waals surface area contributed by atoms with Crippen molar-refractivity contribution in [2.24, 2.45) is 0 Å². The van der Waals surface area contributed by atoms with Crippen molar-refractivity contribution >= 4 is 35.9 Å². The standard InChI is InChI=1S/C27H35BrF6O5S2/c28-23-20(17-10-4-1-5-11-17)16-21(18-12-6-2-7-13-18)24(22(23)19-14-8-3-9-15-19)40(35,36)26(31,32)25(29,30)27(33,34)41(37,38)39/h16-19H,1-15H2,(H,37,38,39). The fourth-order valence-corrected chi connectivity index (χ4v) is 10.2. The first kappa shape index (κ1) is 33.0. The fraction of sp³-hybridized carbons (Fsp3) is 0.778. The van der Waals surface area contributed by atoms with E-state index < -0.39 is 53.1 Å². The van der Waals surface area contributed by atoms with Gasteiger partial charge in [0.05, 0.1) is 4.90 Å². The van der Waals surface area contributed by atoms with E-state index >= 15 is 8.78 Å². The van der Waals surface area contributed by atoms with Crippen molar-refractivity contribution in [2.75, 3.05) is 0 Å². The third-order valence-electron chi connectivity index (χ3n) is 9.07. The normalized spacial score (nSPS) is 21.8. The van der Waals surface area contributed by atoms with Crippen molar-refractivity contribution in [1.82, 2.24) is 0 Å². The lowest BCUT2D eigenvalue weighted by Crippen LogP contribution is -2.60. The van der Waals surface area contributed by atoms with Crippen molar-refractivity contribution in [2.45, 2.75) is 135 Å². The number of sulfone groups is 1. The number of halogens is 7. The molecule has 3 saturated carbocycles. The molecule has 1 aromatic carbocycles. The van der Waals surface area contributed by atoms with E-state index in [9.17, 15) is 34.4 Å². The van der Waals surface area contributed by atoms with Crippen LogP contribution in [0.2, 0.25) is 0 Å². The molecule has 4 rings (SSSR count). The number of hydrogen-bond donors (Lipinski definition) is 1. The quantitative estimate of drug-likeness (QED) is 0.216. The Morgan fingerprint density at radius 3 is 1.44 bits per heavy atom. The maximum Gasteiger partial charge on any atom is 0.439 e. The van der Waals surface area contributed by atoms with Crippen molar-refractivity contribution in [1.29, 1.82) is 0 Å². The zero-order chi connectivity index (χ0) is 30.4. The molecular formula is C27H35BrF6O5S2.